The van der Waals surface area contributed by atoms with Gasteiger partial charge in [0.1, 0.15) is 5.52 Å². The van der Waals surface area contributed by atoms with Crippen molar-refractivity contribution in [1.82, 2.24) is 9.97 Å². The molecule has 0 fully saturated rings. The van der Waals surface area contributed by atoms with Gasteiger partial charge in [-0.25, -0.2) is 4.98 Å². The molecule has 56 heavy (non-hydrogen) atoms. The Hall–Kier alpha value is -7.56. The van der Waals surface area contributed by atoms with Crippen molar-refractivity contribution < 1.29 is 4.42 Å². The lowest BCUT2D eigenvalue weighted by atomic mass is 9.96. The van der Waals surface area contributed by atoms with Crippen LogP contribution in [0.15, 0.2) is 205 Å². The number of pyridine rings is 1. The van der Waals surface area contributed by atoms with Crippen molar-refractivity contribution in [2.24, 2.45) is 0 Å². The van der Waals surface area contributed by atoms with E-state index in [0.29, 0.717) is 5.89 Å². The van der Waals surface area contributed by atoms with Gasteiger partial charge in [0.05, 0.1) is 5.52 Å². The number of oxazole rings is 1. The minimum Gasteiger partial charge on any atom is -0.436 e. The Morgan fingerprint density at radius 2 is 0.982 bits per heavy atom. The Labute approximate surface area is 323 Å². The summed E-state index contributed by atoms with van der Waals surface area (Å²) in [5, 5.41) is 8.50. The van der Waals surface area contributed by atoms with Crippen molar-refractivity contribution in [3.63, 3.8) is 0 Å². The zero-order chi connectivity index (χ0) is 37.0. The molecule has 0 N–H and O–H groups in total. The highest BCUT2D eigenvalue weighted by atomic mass is 16.3. The van der Waals surface area contributed by atoms with E-state index in [4.69, 9.17) is 14.4 Å². The molecule has 0 aliphatic carbocycles. The molecule has 9 aromatic carbocycles. The van der Waals surface area contributed by atoms with Gasteiger partial charge in [-0.3, -0.25) is 4.98 Å². The van der Waals surface area contributed by atoms with Gasteiger partial charge < -0.3 is 9.32 Å². The van der Waals surface area contributed by atoms with Crippen LogP contribution in [0, 0.1) is 0 Å². The first-order valence-electron chi connectivity index (χ1n) is 18.9. The van der Waals surface area contributed by atoms with E-state index in [1.54, 1.807) is 0 Å². The first-order chi connectivity index (χ1) is 27.7. The largest absolute Gasteiger partial charge is 0.436 e. The van der Waals surface area contributed by atoms with Crippen molar-refractivity contribution in [2.45, 2.75) is 0 Å². The molecule has 2 heterocycles. The van der Waals surface area contributed by atoms with Gasteiger partial charge in [0.15, 0.2) is 5.58 Å². The van der Waals surface area contributed by atoms with E-state index in [-0.39, 0.29) is 0 Å². The molecule has 0 bridgehead atoms. The average molecular weight is 716 g/mol. The first-order valence-corrected chi connectivity index (χ1v) is 18.9. The highest BCUT2D eigenvalue weighted by Gasteiger charge is 2.16. The zero-order valence-electron chi connectivity index (χ0n) is 30.3. The van der Waals surface area contributed by atoms with Crippen LogP contribution in [0.25, 0.3) is 88.0 Å². The van der Waals surface area contributed by atoms with Crippen LogP contribution < -0.4 is 4.90 Å². The van der Waals surface area contributed by atoms with Crippen LogP contribution in [0.2, 0.25) is 0 Å². The lowest BCUT2D eigenvalue weighted by Crippen LogP contribution is -2.09. The molecule has 11 rings (SSSR count). The molecular formula is C52H33N3O. The third-order valence-corrected chi connectivity index (χ3v) is 10.9. The number of hydrogen-bond acceptors (Lipinski definition) is 4. The Balaban J connectivity index is 0.993. The van der Waals surface area contributed by atoms with Crippen molar-refractivity contribution >= 4 is 71.4 Å². The molecule has 262 valence electrons. The maximum atomic E-state index is 6.11. The van der Waals surface area contributed by atoms with Crippen LogP contribution >= 0.6 is 0 Å². The van der Waals surface area contributed by atoms with Gasteiger partial charge in [-0.2, -0.15) is 0 Å². The SMILES string of the molecule is c1ccc2cc(-c3ccc4c(ccc5cc(N(c6ccc(-c7nc8ccccc8o7)cc6)c6ccc(-c7cccc8cccnc78)cc6)ccc54)c3)ccc2c1. The molecule has 4 heteroatoms. The van der Waals surface area contributed by atoms with Gasteiger partial charge in [0.2, 0.25) is 5.89 Å². The minimum atomic E-state index is 0.610. The molecule has 0 aliphatic rings. The number of para-hydroxylation sites is 3. The van der Waals surface area contributed by atoms with Crippen molar-refractivity contribution in [2.75, 3.05) is 4.90 Å². The Bertz CT molecular complexity index is 3220. The fourth-order valence-corrected chi connectivity index (χ4v) is 8.07. The summed E-state index contributed by atoms with van der Waals surface area (Å²) in [5.74, 6) is 0.610. The predicted molar refractivity (Wildman–Crippen MR) is 233 cm³/mol. The summed E-state index contributed by atoms with van der Waals surface area (Å²) in [6, 6.07) is 68.9. The second-order valence-electron chi connectivity index (χ2n) is 14.3. The van der Waals surface area contributed by atoms with Gasteiger partial charge >= 0.3 is 0 Å². The van der Waals surface area contributed by atoms with E-state index < -0.39 is 0 Å². The molecule has 4 nitrogen and oxygen atoms in total. The lowest BCUT2D eigenvalue weighted by molar-refractivity contribution is 0.620. The molecule has 0 saturated heterocycles. The molecule has 0 radical (unpaired) electrons. The maximum absolute atomic E-state index is 6.11. The topological polar surface area (TPSA) is 42.2 Å². The third-order valence-electron chi connectivity index (χ3n) is 10.9. The van der Waals surface area contributed by atoms with Gasteiger partial charge in [0, 0.05) is 39.8 Å². The average Bonchev–Trinajstić information content (AvgIpc) is 3.71. The monoisotopic (exact) mass is 715 g/mol. The zero-order valence-corrected chi connectivity index (χ0v) is 30.3. The first kappa shape index (κ1) is 31.9. The number of rotatable bonds is 6. The summed E-state index contributed by atoms with van der Waals surface area (Å²) >= 11 is 0. The third kappa shape index (κ3) is 5.55. The van der Waals surface area contributed by atoms with E-state index >= 15 is 0 Å². The van der Waals surface area contributed by atoms with Crippen LogP contribution in [0.5, 0.6) is 0 Å². The molecule has 0 saturated carbocycles. The molecule has 11 aromatic rings. The summed E-state index contributed by atoms with van der Waals surface area (Å²) in [6.07, 6.45) is 1.86. The van der Waals surface area contributed by atoms with E-state index in [0.717, 1.165) is 55.8 Å². The van der Waals surface area contributed by atoms with Crippen LogP contribution in [0.3, 0.4) is 0 Å². The van der Waals surface area contributed by atoms with Crippen LogP contribution in [-0.4, -0.2) is 9.97 Å². The Morgan fingerprint density at radius 3 is 1.79 bits per heavy atom. The second-order valence-corrected chi connectivity index (χ2v) is 14.3. The fourth-order valence-electron chi connectivity index (χ4n) is 8.07. The lowest BCUT2D eigenvalue weighted by Gasteiger charge is -2.26. The molecule has 0 atom stereocenters. The number of nitrogens with zero attached hydrogens (tertiary/aromatic N) is 3. The second kappa shape index (κ2) is 13.1. The maximum Gasteiger partial charge on any atom is 0.227 e. The summed E-state index contributed by atoms with van der Waals surface area (Å²) < 4.78 is 6.11. The number of aromatic nitrogens is 2. The van der Waals surface area contributed by atoms with Gasteiger partial charge in [-0.05, 0) is 128 Å². The minimum absolute atomic E-state index is 0.610. The van der Waals surface area contributed by atoms with E-state index in [9.17, 15) is 0 Å². The molecular weight excluding hydrogens is 683 g/mol. The highest BCUT2D eigenvalue weighted by molar-refractivity contribution is 6.10. The van der Waals surface area contributed by atoms with Crippen LogP contribution in [0.4, 0.5) is 17.1 Å². The molecule has 0 aliphatic heterocycles. The predicted octanol–water partition coefficient (Wildman–Crippen LogP) is 14.3. The smallest absolute Gasteiger partial charge is 0.227 e. The Morgan fingerprint density at radius 1 is 0.393 bits per heavy atom. The van der Waals surface area contributed by atoms with Crippen molar-refractivity contribution in [1.29, 1.82) is 0 Å². The summed E-state index contributed by atoms with van der Waals surface area (Å²) in [4.78, 5) is 11.8. The number of anilines is 3. The van der Waals surface area contributed by atoms with Gasteiger partial charge in [0.25, 0.3) is 0 Å². The van der Waals surface area contributed by atoms with E-state index in [2.05, 4.69) is 169 Å². The Kier molecular flexibility index (Phi) is 7.46. The van der Waals surface area contributed by atoms with Gasteiger partial charge in [-0.1, -0.05) is 115 Å². The fraction of sp³-hybridized carbons (Fsp3) is 0. The van der Waals surface area contributed by atoms with E-state index in [1.807, 2.05) is 36.5 Å². The normalized spacial score (nSPS) is 11.6. The highest BCUT2D eigenvalue weighted by Crippen LogP contribution is 2.40. The molecule has 0 unspecified atom stereocenters. The van der Waals surface area contributed by atoms with Gasteiger partial charge in [-0.15, -0.1) is 0 Å². The number of benzene rings is 9. The molecule has 2 aromatic heterocycles. The summed E-state index contributed by atoms with van der Waals surface area (Å²) in [7, 11) is 0. The summed E-state index contributed by atoms with van der Waals surface area (Å²) in [6.45, 7) is 0. The number of fused-ring (bicyclic) bond motifs is 6. The molecule has 0 spiro atoms. The molecule has 0 amide bonds. The van der Waals surface area contributed by atoms with E-state index in [1.165, 1.54) is 43.4 Å². The van der Waals surface area contributed by atoms with Crippen LogP contribution in [-0.2, 0) is 0 Å². The van der Waals surface area contributed by atoms with Crippen molar-refractivity contribution in [3.8, 4) is 33.7 Å². The van der Waals surface area contributed by atoms with Crippen molar-refractivity contribution in [3.05, 3.63) is 200 Å². The summed E-state index contributed by atoms with van der Waals surface area (Å²) in [5.41, 5.74) is 11.4. The quantitative estimate of drug-likeness (QED) is 0.161. The number of hydrogen-bond donors (Lipinski definition) is 0. The van der Waals surface area contributed by atoms with Crippen LogP contribution in [0.1, 0.15) is 0 Å². The standard InChI is InChI=1S/C52H33N3O/c1-2-8-38-31-39(15-14-34(38)7-1)40-22-28-46-41(32-40)16-17-42-33-45(27-29-47(42)46)55(44-25-20-37(21-26-44)52-54-49-12-3-4-13-50(49)56-52)43-23-18-35(19-24-43)48-11-5-9-36-10-6-30-53-51(36)48/h1-33H.